The second-order valence-electron chi connectivity index (χ2n) is 6.80. The molecular formula is C22H27N3O5. The molecule has 0 bridgehead atoms. The first-order chi connectivity index (χ1) is 14.6. The molecule has 3 rings (SSSR count). The van der Waals surface area contributed by atoms with Crippen LogP contribution in [0.4, 0.5) is 0 Å². The van der Waals surface area contributed by atoms with Crippen LogP contribution in [0.3, 0.4) is 0 Å². The lowest BCUT2D eigenvalue weighted by Crippen LogP contribution is -2.41. The number of nitrogens with zero attached hydrogens (tertiary/aromatic N) is 1. The van der Waals surface area contributed by atoms with Crippen molar-refractivity contribution in [2.75, 3.05) is 40.0 Å². The summed E-state index contributed by atoms with van der Waals surface area (Å²) in [4.78, 5) is 27.2. The molecule has 0 saturated carbocycles. The maximum atomic E-state index is 12.5. The zero-order chi connectivity index (χ0) is 21.3. The molecule has 2 aromatic carbocycles. The average Bonchev–Trinajstić information content (AvgIpc) is 2.78. The molecule has 2 aromatic rings. The van der Waals surface area contributed by atoms with Crippen LogP contribution in [0.15, 0.2) is 42.5 Å². The lowest BCUT2D eigenvalue weighted by Gasteiger charge is -2.26. The molecule has 0 aliphatic carbocycles. The largest absolute Gasteiger partial charge is 0.493 e. The molecule has 0 unspecified atom stereocenters. The molecule has 1 saturated heterocycles. The molecule has 1 aliphatic heterocycles. The Labute approximate surface area is 176 Å². The molecule has 0 radical (unpaired) electrons. The summed E-state index contributed by atoms with van der Waals surface area (Å²) in [5, 5.41) is 0. The molecule has 0 atom stereocenters. The van der Waals surface area contributed by atoms with Gasteiger partial charge in [-0.2, -0.15) is 0 Å². The van der Waals surface area contributed by atoms with Crippen molar-refractivity contribution >= 4 is 11.8 Å². The Balaban J connectivity index is 1.58. The number of methoxy groups -OCH3 is 1. The number of nitrogens with one attached hydrogen (secondary N) is 2. The second kappa shape index (κ2) is 10.6. The van der Waals surface area contributed by atoms with Crippen molar-refractivity contribution in [3.63, 3.8) is 0 Å². The van der Waals surface area contributed by atoms with Crippen molar-refractivity contribution in [1.82, 2.24) is 15.8 Å². The smallest absolute Gasteiger partial charge is 0.269 e. The van der Waals surface area contributed by atoms with E-state index in [0.717, 1.165) is 38.4 Å². The highest BCUT2D eigenvalue weighted by Crippen LogP contribution is 2.27. The van der Waals surface area contributed by atoms with E-state index in [2.05, 4.69) is 15.8 Å². The molecule has 8 heteroatoms. The van der Waals surface area contributed by atoms with Gasteiger partial charge in [-0.05, 0) is 42.8 Å². The van der Waals surface area contributed by atoms with Crippen molar-refractivity contribution in [1.29, 1.82) is 0 Å². The summed E-state index contributed by atoms with van der Waals surface area (Å²) < 4.78 is 16.1. The topological polar surface area (TPSA) is 89.1 Å². The summed E-state index contributed by atoms with van der Waals surface area (Å²) in [5.41, 5.74) is 6.76. The summed E-state index contributed by atoms with van der Waals surface area (Å²) in [5.74, 6) is 0.170. The minimum absolute atomic E-state index is 0.344. The van der Waals surface area contributed by atoms with E-state index in [0.29, 0.717) is 29.2 Å². The normalized spacial score (nSPS) is 14.1. The van der Waals surface area contributed by atoms with E-state index in [4.69, 9.17) is 14.2 Å². The maximum absolute atomic E-state index is 12.5. The molecule has 1 fully saturated rings. The number of hydrazine groups is 1. The fraction of sp³-hybridized carbons (Fsp3) is 0.364. The standard InChI is InChI=1S/C22H27N3O5/c1-3-30-19-8-7-18(14-20(19)28-2)22(27)24-23-21(26)17-6-4-5-16(13-17)15-25-9-11-29-12-10-25/h4-8,13-14H,3,9-12,15H2,1-2H3,(H,23,26)(H,24,27). The number of hydrogen-bond acceptors (Lipinski definition) is 6. The first-order valence-corrected chi connectivity index (χ1v) is 9.91. The van der Waals surface area contributed by atoms with Crippen LogP contribution in [0.25, 0.3) is 0 Å². The van der Waals surface area contributed by atoms with E-state index in [-0.39, 0.29) is 5.91 Å². The second-order valence-corrected chi connectivity index (χ2v) is 6.80. The van der Waals surface area contributed by atoms with Crippen LogP contribution >= 0.6 is 0 Å². The van der Waals surface area contributed by atoms with E-state index in [9.17, 15) is 9.59 Å². The van der Waals surface area contributed by atoms with Gasteiger partial charge in [0.25, 0.3) is 11.8 Å². The van der Waals surface area contributed by atoms with E-state index in [1.807, 2.05) is 25.1 Å². The van der Waals surface area contributed by atoms with E-state index < -0.39 is 5.91 Å². The third-order valence-corrected chi connectivity index (χ3v) is 4.71. The van der Waals surface area contributed by atoms with Gasteiger partial charge in [0.05, 0.1) is 26.9 Å². The number of benzene rings is 2. The highest BCUT2D eigenvalue weighted by atomic mass is 16.5. The molecule has 0 aromatic heterocycles. The number of amides is 2. The van der Waals surface area contributed by atoms with Crippen molar-refractivity contribution in [3.8, 4) is 11.5 Å². The Morgan fingerprint density at radius 3 is 2.37 bits per heavy atom. The first kappa shape index (κ1) is 21.6. The monoisotopic (exact) mass is 413 g/mol. The summed E-state index contributed by atoms with van der Waals surface area (Å²) in [6.07, 6.45) is 0. The van der Waals surface area contributed by atoms with E-state index >= 15 is 0 Å². The summed E-state index contributed by atoms with van der Waals surface area (Å²) in [6.45, 7) is 6.30. The maximum Gasteiger partial charge on any atom is 0.269 e. The number of carbonyl (C=O) groups is 2. The van der Waals surface area contributed by atoms with Crippen LogP contribution in [0.1, 0.15) is 33.2 Å². The van der Waals surface area contributed by atoms with Gasteiger partial charge in [-0.3, -0.25) is 25.3 Å². The van der Waals surface area contributed by atoms with Gasteiger partial charge < -0.3 is 14.2 Å². The molecule has 30 heavy (non-hydrogen) atoms. The van der Waals surface area contributed by atoms with Gasteiger partial charge in [0.15, 0.2) is 11.5 Å². The first-order valence-electron chi connectivity index (χ1n) is 9.91. The number of carbonyl (C=O) groups excluding carboxylic acids is 2. The minimum Gasteiger partial charge on any atom is -0.493 e. The number of hydrogen-bond donors (Lipinski definition) is 2. The Kier molecular flexibility index (Phi) is 7.64. The highest BCUT2D eigenvalue weighted by Gasteiger charge is 2.14. The molecule has 0 spiro atoms. The fourth-order valence-corrected chi connectivity index (χ4v) is 3.17. The minimum atomic E-state index is -0.450. The van der Waals surface area contributed by atoms with Crippen molar-refractivity contribution < 1.29 is 23.8 Å². The predicted molar refractivity (Wildman–Crippen MR) is 112 cm³/mol. The lowest BCUT2D eigenvalue weighted by molar-refractivity contribution is 0.0342. The molecule has 1 heterocycles. The van der Waals surface area contributed by atoms with Gasteiger partial charge in [0, 0.05) is 30.8 Å². The van der Waals surface area contributed by atoms with Gasteiger partial charge in [-0.15, -0.1) is 0 Å². The van der Waals surface area contributed by atoms with Gasteiger partial charge in [-0.1, -0.05) is 12.1 Å². The Morgan fingerprint density at radius 2 is 1.70 bits per heavy atom. The van der Waals surface area contributed by atoms with Crippen LogP contribution in [0.2, 0.25) is 0 Å². The highest BCUT2D eigenvalue weighted by molar-refractivity contribution is 5.99. The summed E-state index contributed by atoms with van der Waals surface area (Å²) >= 11 is 0. The summed E-state index contributed by atoms with van der Waals surface area (Å²) in [6, 6.07) is 12.2. The Morgan fingerprint density at radius 1 is 1.00 bits per heavy atom. The number of rotatable bonds is 7. The third-order valence-electron chi connectivity index (χ3n) is 4.71. The van der Waals surface area contributed by atoms with Crippen LogP contribution in [0.5, 0.6) is 11.5 Å². The fourth-order valence-electron chi connectivity index (χ4n) is 3.17. The molecule has 2 amide bonds. The molecule has 8 nitrogen and oxygen atoms in total. The molecule has 2 N–H and O–H groups in total. The van der Waals surface area contributed by atoms with Gasteiger partial charge in [-0.25, -0.2) is 0 Å². The molecular weight excluding hydrogens is 386 g/mol. The zero-order valence-corrected chi connectivity index (χ0v) is 17.3. The Bertz CT molecular complexity index is 881. The van der Waals surface area contributed by atoms with Crippen LogP contribution in [-0.4, -0.2) is 56.7 Å². The molecule has 160 valence electrons. The molecule has 1 aliphatic rings. The Hall–Kier alpha value is -3.10. The predicted octanol–water partition coefficient (Wildman–Crippen LogP) is 2.00. The van der Waals surface area contributed by atoms with Gasteiger partial charge in [0.1, 0.15) is 0 Å². The zero-order valence-electron chi connectivity index (χ0n) is 17.3. The average molecular weight is 413 g/mol. The van der Waals surface area contributed by atoms with Crippen molar-refractivity contribution in [2.24, 2.45) is 0 Å². The van der Waals surface area contributed by atoms with Gasteiger partial charge in [0.2, 0.25) is 0 Å². The summed E-state index contributed by atoms with van der Waals surface area (Å²) in [7, 11) is 1.51. The van der Waals surface area contributed by atoms with Crippen LogP contribution in [-0.2, 0) is 11.3 Å². The van der Waals surface area contributed by atoms with Crippen molar-refractivity contribution in [2.45, 2.75) is 13.5 Å². The van der Waals surface area contributed by atoms with Crippen LogP contribution < -0.4 is 20.3 Å². The third kappa shape index (κ3) is 5.71. The number of ether oxygens (including phenoxy) is 3. The number of morpholine rings is 1. The van der Waals surface area contributed by atoms with E-state index in [1.54, 1.807) is 24.3 Å². The van der Waals surface area contributed by atoms with Gasteiger partial charge >= 0.3 is 0 Å². The SMILES string of the molecule is CCOc1ccc(C(=O)NNC(=O)c2cccc(CN3CCOCC3)c2)cc1OC. The van der Waals surface area contributed by atoms with E-state index in [1.165, 1.54) is 7.11 Å². The van der Waals surface area contributed by atoms with Crippen LogP contribution in [0, 0.1) is 0 Å². The quantitative estimate of drug-likeness (QED) is 0.675. The lowest BCUT2D eigenvalue weighted by atomic mass is 10.1. The van der Waals surface area contributed by atoms with Crippen molar-refractivity contribution in [3.05, 3.63) is 59.2 Å².